The average Bonchev–Trinajstić information content (AvgIpc) is 3.14. The first-order valence-electron chi connectivity index (χ1n) is 9.50. The van der Waals surface area contributed by atoms with E-state index < -0.39 is 30.9 Å². The molecule has 0 radical (unpaired) electrons. The Bertz CT molecular complexity index is 785. The number of aliphatic hydroxyl groups excluding tert-OH is 1. The van der Waals surface area contributed by atoms with Crippen LogP contribution in [0.4, 0.5) is 0 Å². The molecule has 0 unspecified atom stereocenters. The van der Waals surface area contributed by atoms with Crippen molar-refractivity contribution in [2.75, 3.05) is 7.11 Å². The summed E-state index contributed by atoms with van der Waals surface area (Å²) in [6.07, 6.45) is -2.18. The van der Waals surface area contributed by atoms with Crippen LogP contribution in [0.5, 0.6) is 0 Å². The second-order valence-corrected chi connectivity index (χ2v) is 7.56. The molecule has 2 aliphatic heterocycles. The van der Waals surface area contributed by atoms with E-state index in [1.807, 2.05) is 6.92 Å². The lowest BCUT2D eigenvalue weighted by atomic mass is 9.78. The predicted molar refractivity (Wildman–Crippen MR) is 98.4 cm³/mol. The molecule has 2 saturated heterocycles. The lowest BCUT2D eigenvalue weighted by molar-refractivity contribution is -0.261. The van der Waals surface area contributed by atoms with Gasteiger partial charge in [-0.25, -0.2) is 0 Å². The molecule has 0 bridgehead atoms. The maximum atomic E-state index is 10.6. The van der Waals surface area contributed by atoms with Gasteiger partial charge in [-0.1, -0.05) is 48.5 Å². The highest BCUT2D eigenvalue weighted by molar-refractivity contribution is 5.49. The zero-order chi connectivity index (χ0) is 18.5. The highest BCUT2D eigenvalue weighted by Crippen LogP contribution is 2.44. The number of aliphatic hydroxyl groups is 1. The number of fused-ring (bicyclic) bond motifs is 3. The summed E-state index contributed by atoms with van der Waals surface area (Å²) in [6.45, 7) is 1.83. The van der Waals surface area contributed by atoms with Crippen LogP contribution in [-0.4, -0.2) is 49.2 Å². The van der Waals surface area contributed by atoms with Crippen molar-refractivity contribution in [3.63, 3.8) is 0 Å². The Labute approximate surface area is 158 Å². The maximum Gasteiger partial charge on any atom is 0.186 e. The summed E-state index contributed by atoms with van der Waals surface area (Å²) in [6, 6.07) is 16.9. The Morgan fingerprint density at radius 2 is 1.48 bits per heavy atom. The van der Waals surface area contributed by atoms with Crippen LogP contribution in [0, 0.1) is 0 Å². The van der Waals surface area contributed by atoms with Gasteiger partial charge in [0.15, 0.2) is 12.6 Å². The molecule has 2 heterocycles. The third kappa shape index (κ3) is 2.73. The van der Waals surface area contributed by atoms with Crippen molar-refractivity contribution in [1.82, 2.24) is 0 Å². The predicted octanol–water partition coefficient (Wildman–Crippen LogP) is 2.58. The SMILES string of the molecule is CO[C@@H]1O[C@@H](C)[C@H](O)[C@H]2O[C@H](C3c4ccccc4Cc4ccccc43)O[C@@H]12. The van der Waals surface area contributed by atoms with Crippen molar-refractivity contribution < 1.29 is 24.1 Å². The number of benzene rings is 2. The van der Waals surface area contributed by atoms with Crippen LogP contribution in [0.1, 0.15) is 35.1 Å². The Hall–Kier alpha value is -1.76. The topological polar surface area (TPSA) is 57.2 Å². The van der Waals surface area contributed by atoms with E-state index in [1.165, 1.54) is 22.3 Å². The van der Waals surface area contributed by atoms with E-state index in [9.17, 15) is 5.11 Å². The van der Waals surface area contributed by atoms with Gasteiger partial charge in [0.05, 0.1) is 12.0 Å². The van der Waals surface area contributed by atoms with Crippen LogP contribution in [0.2, 0.25) is 0 Å². The molecule has 5 heteroatoms. The Kier molecular flexibility index (Phi) is 4.30. The quantitative estimate of drug-likeness (QED) is 0.883. The van der Waals surface area contributed by atoms with Gasteiger partial charge >= 0.3 is 0 Å². The third-order valence-electron chi connectivity index (χ3n) is 6.01. The normalized spacial score (nSPS) is 35.4. The molecular formula is C22H24O5. The van der Waals surface area contributed by atoms with E-state index in [2.05, 4.69) is 48.5 Å². The van der Waals surface area contributed by atoms with Crippen LogP contribution in [0.3, 0.4) is 0 Å². The molecule has 0 spiro atoms. The Balaban J connectivity index is 1.54. The van der Waals surface area contributed by atoms with Crippen molar-refractivity contribution in [2.45, 2.75) is 56.3 Å². The fourth-order valence-electron chi connectivity index (χ4n) is 4.64. The van der Waals surface area contributed by atoms with Gasteiger partial charge in [-0.3, -0.25) is 0 Å². The molecule has 2 aromatic rings. The van der Waals surface area contributed by atoms with Crippen molar-refractivity contribution in [1.29, 1.82) is 0 Å². The number of hydrogen-bond acceptors (Lipinski definition) is 5. The molecule has 1 N–H and O–H groups in total. The smallest absolute Gasteiger partial charge is 0.186 e. The van der Waals surface area contributed by atoms with Crippen molar-refractivity contribution in [2.24, 2.45) is 0 Å². The van der Waals surface area contributed by atoms with Gasteiger partial charge in [0.2, 0.25) is 0 Å². The molecule has 6 atom stereocenters. The lowest BCUT2D eigenvalue weighted by Gasteiger charge is -2.37. The van der Waals surface area contributed by atoms with Crippen LogP contribution >= 0.6 is 0 Å². The second-order valence-electron chi connectivity index (χ2n) is 7.56. The van der Waals surface area contributed by atoms with Crippen molar-refractivity contribution >= 4 is 0 Å². The molecule has 5 nitrogen and oxygen atoms in total. The van der Waals surface area contributed by atoms with Crippen LogP contribution in [0.25, 0.3) is 0 Å². The summed E-state index contributed by atoms with van der Waals surface area (Å²) >= 11 is 0. The third-order valence-corrected chi connectivity index (χ3v) is 6.01. The minimum Gasteiger partial charge on any atom is -0.388 e. The molecule has 0 amide bonds. The fourth-order valence-corrected chi connectivity index (χ4v) is 4.64. The highest BCUT2D eigenvalue weighted by atomic mass is 16.8. The van der Waals surface area contributed by atoms with Crippen LogP contribution < -0.4 is 0 Å². The average molecular weight is 368 g/mol. The van der Waals surface area contributed by atoms with Crippen molar-refractivity contribution in [3.8, 4) is 0 Å². The molecule has 0 aromatic heterocycles. The molecule has 5 rings (SSSR count). The monoisotopic (exact) mass is 368 g/mol. The number of methoxy groups -OCH3 is 1. The van der Waals surface area contributed by atoms with E-state index in [0.717, 1.165) is 6.42 Å². The molecule has 2 aromatic carbocycles. The number of hydrogen-bond donors (Lipinski definition) is 1. The summed E-state index contributed by atoms with van der Waals surface area (Å²) in [5.41, 5.74) is 5.02. The van der Waals surface area contributed by atoms with E-state index in [-0.39, 0.29) is 12.0 Å². The molecular weight excluding hydrogens is 344 g/mol. The lowest BCUT2D eigenvalue weighted by Crippen LogP contribution is -2.55. The zero-order valence-corrected chi connectivity index (χ0v) is 15.4. The minimum atomic E-state index is -0.750. The van der Waals surface area contributed by atoms with Gasteiger partial charge in [0.25, 0.3) is 0 Å². The van der Waals surface area contributed by atoms with Crippen LogP contribution in [-0.2, 0) is 25.4 Å². The Morgan fingerprint density at radius 3 is 2.11 bits per heavy atom. The molecule has 2 fully saturated rings. The summed E-state index contributed by atoms with van der Waals surface area (Å²) < 4.78 is 23.8. The number of rotatable bonds is 2. The van der Waals surface area contributed by atoms with Gasteiger partial charge in [0, 0.05) is 7.11 Å². The highest BCUT2D eigenvalue weighted by Gasteiger charge is 2.53. The van der Waals surface area contributed by atoms with E-state index in [1.54, 1.807) is 7.11 Å². The van der Waals surface area contributed by atoms with Gasteiger partial charge in [-0.15, -0.1) is 0 Å². The molecule has 3 aliphatic rings. The first-order valence-corrected chi connectivity index (χ1v) is 9.50. The van der Waals surface area contributed by atoms with E-state index in [4.69, 9.17) is 18.9 Å². The standard InChI is InChI=1S/C22H24O5/c1-12-18(23)19-20(22(24-2)25-12)27-21(26-19)17-15-9-5-3-7-13(15)11-14-8-4-6-10-16(14)17/h3-10,12,17-23H,11H2,1-2H3/t12-,18-,19+,20+,21-,22+/m0/s1. The van der Waals surface area contributed by atoms with Gasteiger partial charge < -0.3 is 24.1 Å². The zero-order valence-electron chi connectivity index (χ0n) is 15.4. The summed E-state index contributed by atoms with van der Waals surface area (Å²) in [4.78, 5) is 0. The van der Waals surface area contributed by atoms with Crippen LogP contribution in [0.15, 0.2) is 48.5 Å². The molecule has 27 heavy (non-hydrogen) atoms. The minimum absolute atomic E-state index is 0.0447. The van der Waals surface area contributed by atoms with Gasteiger partial charge in [-0.2, -0.15) is 0 Å². The largest absolute Gasteiger partial charge is 0.388 e. The Morgan fingerprint density at radius 1 is 0.889 bits per heavy atom. The summed E-state index contributed by atoms with van der Waals surface area (Å²) in [5.74, 6) is -0.0447. The van der Waals surface area contributed by atoms with Gasteiger partial charge in [0.1, 0.15) is 18.3 Å². The molecule has 1 aliphatic carbocycles. The van der Waals surface area contributed by atoms with Gasteiger partial charge in [-0.05, 0) is 35.6 Å². The van der Waals surface area contributed by atoms with E-state index >= 15 is 0 Å². The first kappa shape index (κ1) is 17.3. The van der Waals surface area contributed by atoms with Crippen molar-refractivity contribution in [3.05, 3.63) is 70.8 Å². The first-order chi connectivity index (χ1) is 13.2. The number of ether oxygens (including phenoxy) is 4. The maximum absolute atomic E-state index is 10.6. The molecule has 0 saturated carbocycles. The molecule has 142 valence electrons. The fraction of sp³-hybridized carbons (Fsp3) is 0.455. The van der Waals surface area contributed by atoms with E-state index in [0.29, 0.717) is 0 Å². The summed E-state index contributed by atoms with van der Waals surface area (Å²) in [5, 5.41) is 10.6. The summed E-state index contributed by atoms with van der Waals surface area (Å²) in [7, 11) is 1.59. The second kappa shape index (κ2) is 6.69.